The standard InChI is InChI=1S/C20H28N2O3/c1-12(2)15-9-8-13(3)10-16(15)24-14(4)19(23)21-18-11-17(25-22-18)20(5,6)7/h8-12,14H,1-7H3,(H,21,22,23). The van der Waals surface area contributed by atoms with Gasteiger partial charge in [0.2, 0.25) is 0 Å². The van der Waals surface area contributed by atoms with Crippen LogP contribution in [0, 0.1) is 6.92 Å². The molecule has 0 radical (unpaired) electrons. The average Bonchev–Trinajstić information content (AvgIpc) is 2.95. The topological polar surface area (TPSA) is 64.4 Å². The van der Waals surface area contributed by atoms with Crippen molar-refractivity contribution in [1.29, 1.82) is 0 Å². The lowest BCUT2D eigenvalue weighted by atomic mass is 9.93. The van der Waals surface area contributed by atoms with Crippen LogP contribution in [0.3, 0.4) is 0 Å². The molecule has 1 amide bonds. The van der Waals surface area contributed by atoms with E-state index in [1.54, 1.807) is 13.0 Å². The Morgan fingerprint density at radius 1 is 1.20 bits per heavy atom. The van der Waals surface area contributed by atoms with Crippen LogP contribution in [0.1, 0.15) is 64.3 Å². The number of anilines is 1. The lowest BCUT2D eigenvalue weighted by molar-refractivity contribution is -0.122. The van der Waals surface area contributed by atoms with Gasteiger partial charge in [0, 0.05) is 11.5 Å². The molecule has 1 N–H and O–H groups in total. The van der Waals surface area contributed by atoms with Gasteiger partial charge in [-0.1, -0.05) is 51.9 Å². The smallest absolute Gasteiger partial charge is 0.266 e. The number of nitrogens with zero attached hydrogens (tertiary/aromatic N) is 1. The Balaban J connectivity index is 2.08. The molecule has 0 saturated carbocycles. The SMILES string of the molecule is Cc1ccc(C(C)C)c(OC(C)C(=O)Nc2cc(C(C)(C)C)on2)c1. The molecule has 0 aliphatic heterocycles. The highest BCUT2D eigenvalue weighted by atomic mass is 16.5. The Morgan fingerprint density at radius 2 is 1.88 bits per heavy atom. The first-order chi connectivity index (χ1) is 11.6. The predicted octanol–water partition coefficient (Wildman–Crippen LogP) is 4.81. The number of ether oxygens (including phenoxy) is 1. The second-order valence-corrected chi connectivity index (χ2v) is 7.77. The van der Waals surface area contributed by atoms with E-state index in [-0.39, 0.29) is 11.3 Å². The van der Waals surface area contributed by atoms with Crippen molar-refractivity contribution in [2.45, 2.75) is 65.9 Å². The first-order valence-corrected chi connectivity index (χ1v) is 8.63. The maximum atomic E-state index is 12.4. The fourth-order valence-corrected chi connectivity index (χ4v) is 2.38. The van der Waals surface area contributed by atoms with Crippen molar-refractivity contribution >= 4 is 11.7 Å². The van der Waals surface area contributed by atoms with Gasteiger partial charge in [-0.15, -0.1) is 0 Å². The maximum absolute atomic E-state index is 12.4. The van der Waals surface area contributed by atoms with Gasteiger partial charge in [0.25, 0.3) is 5.91 Å². The molecule has 0 aliphatic rings. The Kier molecular flexibility index (Phi) is 5.55. The van der Waals surface area contributed by atoms with Gasteiger partial charge in [-0.05, 0) is 37.0 Å². The number of carbonyl (C=O) groups excluding carboxylic acids is 1. The Morgan fingerprint density at radius 3 is 2.44 bits per heavy atom. The zero-order valence-electron chi connectivity index (χ0n) is 16.1. The summed E-state index contributed by atoms with van der Waals surface area (Å²) in [6.45, 7) is 14.0. The summed E-state index contributed by atoms with van der Waals surface area (Å²) in [7, 11) is 0. The van der Waals surface area contributed by atoms with Crippen molar-refractivity contribution in [3.8, 4) is 5.75 Å². The minimum Gasteiger partial charge on any atom is -0.481 e. The molecule has 2 aromatic rings. The molecular formula is C20H28N2O3. The van der Waals surface area contributed by atoms with Crippen LogP contribution in [0.4, 0.5) is 5.82 Å². The summed E-state index contributed by atoms with van der Waals surface area (Å²) in [5.74, 6) is 1.92. The third kappa shape index (κ3) is 4.84. The fourth-order valence-electron chi connectivity index (χ4n) is 2.38. The van der Waals surface area contributed by atoms with Crippen LogP contribution in [-0.2, 0) is 10.2 Å². The largest absolute Gasteiger partial charge is 0.481 e. The van der Waals surface area contributed by atoms with Gasteiger partial charge in [0.05, 0.1) is 0 Å². The molecular weight excluding hydrogens is 316 g/mol. The number of nitrogens with one attached hydrogen (secondary N) is 1. The third-order valence-corrected chi connectivity index (χ3v) is 3.96. The maximum Gasteiger partial charge on any atom is 0.266 e. The number of amides is 1. The van der Waals surface area contributed by atoms with Gasteiger partial charge in [0.1, 0.15) is 11.5 Å². The summed E-state index contributed by atoms with van der Waals surface area (Å²) in [5.41, 5.74) is 2.02. The number of benzene rings is 1. The second-order valence-electron chi connectivity index (χ2n) is 7.77. The van der Waals surface area contributed by atoms with E-state index in [9.17, 15) is 4.79 Å². The molecule has 25 heavy (non-hydrogen) atoms. The molecule has 1 aromatic carbocycles. The summed E-state index contributed by atoms with van der Waals surface area (Å²) >= 11 is 0. The third-order valence-electron chi connectivity index (χ3n) is 3.96. The summed E-state index contributed by atoms with van der Waals surface area (Å²) in [6.07, 6.45) is -0.644. The molecule has 5 heteroatoms. The normalized spacial score (nSPS) is 13.0. The van der Waals surface area contributed by atoms with Crippen molar-refractivity contribution in [3.63, 3.8) is 0 Å². The van der Waals surface area contributed by atoms with Gasteiger partial charge in [-0.2, -0.15) is 0 Å². The van der Waals surface area contributed by atoms with E-state index in [1.165, 1.54) is 0 Å². The van der Waals surface area contributed by atoms with Crippen LogP contribution >= 0.6 is 0 Å². The van der Waals surface area contributed by atoms with E-state index >= 15 is 0 Å². The van der Waals surface area contributed by atoms with Crippen molar-refractivity contribution in [2.24, 2.45) is 0 Å². The summed E-state index contributed by atoms with van der Waals surface area (Å²) < 4.78 is 11.2. The Bertz CT molecular complexity index is 742. The van der Waals surface area contributed by atoms with Crippen LogP contribution < -0.4 is 10.1 Å². The number of hydrogen-bond acceptors (Lipinski definition) is 4. The van der Waals surface area contributed by atoms with Crippen molar-refractivity contribution in [2.75, 3.05) is 5.32 Å². The predicted molar refractivity (Wildman–Crippen MR) is 99.2 cm³/mol. The Hall–Kier alpha value is -2.30. The van der Waals surface area contributed by atoms with E-state index in [0.717, 1.165) is 22.6 Å². The minimum absolute atomic E-state index is 0.161. The van der Waals surface area contributed by atoms with E-state index in [4.69, 9.17) is 9.26 Å². The monoisotopic (exact) mass is 344 g/mol. The highest BCUT2D eigenvalue weighted by Crippen LogP contribution is 2.29. The summed E-state index contributed by atoms with van der Waals surface area (Å²) in [4.78, 5) is 12.4. The second kappa shape index (κ2) is 7.30. The quantitative estimate of drug-likeness (QED) is 0.845. The number of hydrogen-bond donors (Lipinski definition) is 1. The fraction of sp³-hybridized carbons (Fsp3) is 0.500. The van der Waals surface area contributed by atoms with Crippen LogP contribution in [0.5, 0.6) is 5.75 Å². The first-order valence-electron chi connectivity index (χ1n) is 8.63. The lowest BCUT2D eigenvalue weighted by Crippen LogP contribution is -2.30. The zero-order valence-corrected chi connectivity index (χ0v) is 16.1. The van der Waals surface area contributed by atoms with Crippen LogP contribution in [0.2, 0.25) is 0 Å². The van der Waals surface area contributed by atoms with E-state index < -0.39 is 6.10 Å². The molecule has 0 saturated heterocycles. The van der Waals surface area contributed by atoms with E-state index in [1.807, 2.05) is 39.8 Å². The van der Waals surface area contributed by atoms with Crippen LogP contribution in [0.15, 0.2) is 28.8 Å². The molecule has 1 heterocycles. The van der Waals surface area contributed by atoms with Crippen molar-refractivity contribution < 1.29 is 14.1 Å². The molecule has 1 unspecified atom stereocenters. The first kappa shape index (κ1) is 19.0. The lowest BCUT2D eigenvalue weighted by Gasteiger charge is -2.19. The highest BCUT2D eigenvalue weighted by molar-refractivity contribution is 5.93. The highest BCUT2D eigenvalue weighted by Gasteiger charge is 2.22. The molecule has 1 aromatic heterocycles. The van der Waals surface area contributed by atoms with Gasteiger partial charge in [-0.3, -0.25) is 4.79 Å². The number of aryl methyl sites for hydroxylation is 1. The van der Waals surface area contributed by atoms with Crippen LogP contribution in [-0.4, -0.2) is 17.2 Å². The van der Waals surface area contributed by atoms with Crippen molar-refractivity contribution in [1.82, 2.24) is 5.16 Å². The molecule has 0 fully saturated rings. The number of rotatable bonds is 5. The van der Waals surface area contributed by atoms with Gasteiger partial charge >= 0.3 is 0 Å². The van der Waals surface area contributed by atoms with Gasteiger partial charge < -0.3 is 14.6 Å². The molecule has 5 nitrogen and oxygen atoms in total. The number of aromatic nitrogens is 1. The molecule has 2 rings (SSSR count). The Labute approximate surface area is 149 Å². The molecule has 0 aliphatic carbocycles. The zero-order chi connectivity index (χ0) is 18.8. The summed E-state index contributed by atoms with van der Waals surface area (Å²) in [6, 6.07) is 7.81. The molecule has 1 atom stereocenters. The minimum atomic E-state index is -0.644. The van der Waals surface area contributed by atoms with Gasteiger partial charge in [-0.25, -0.2) is 0 Å². The molecule has 0 spiro atoms. The average molecular weight is 344 g/mol. The van der Waals surface area contributed by atoms with Gasteiger partial charge in [0.15, 0.2) is 11.9 Å². The molecule has 136 valence electrons. The van der Waals surface area contributed by atoms with Crippen molar-refractivity contribution in [3.05, 3.63) is 41.2 Å². The van der Waals surface area contributed by atoms with E-state index in [2.05, 4.69) is 30.4 Å². The summed E-state index contributed by atoms with van der Waals surface area (Å²) in [5, 5.41) is 6.66. The molecule has 0 bridgehead atoms. The number of carbonyl (C=O) groups is 1. The van der Waals surface area contributed by atoms with Crippen LogP contribution in [0.25, 0.3) is 0 Å². The van der Waals surface area contributed by atoms with E-state index in [0.29, 0.717) is 11.7 Å².